The second-order valence-electron chi connectivity index (χ2n) is 7.14. The monoisotopic (exact) mass is 318 g/mol. The number of nitrogens with zero attached hydrogens (tertiary/aromatic N) is 2. The second-order valence-corrected chi connectivity index (χ2v) is 9.15. The quantitative estimate of drug-likeness (QED) is 0.830. The van der Waals surface area contributed by atoms with Crippen molar-refractivity contribution >= 4 is 10.0 Å². The van der Waals surface area contributed by atoms with Crippen molar-refractivity contribution in [2.75, 3.05) is 38.5 Å². The summed E-state index contributed by atoms with van der Waals surface area (Å²) in [6, 6.07) is 0. The van der Waals surface area contributed by atoms with E-state index in [0.717, 1.165) is 12.8 Å². The van der Waals surface area contributed by atoms with Crippen LogP contribution in [0.1, 0.15) is 46.0 Å². The molecule has 1 saturated heterocycles. The summed E-state index contributed by atoms with van der Waals surface area (Å²) in [7, 11) is -3.11. The Morgan fingerprint density at radius 3 is 2.14 bits per heavy atom. The van der Waals surface area contributed by atoms with Gasteiger partial charge < -0.3 is 5.11 Å². The molecule has 1 aliphatic heterocycles. The number of piperazine rings is 1. The third kappa shape index (κ3) is 4.41. The highest BCUT2D eigenvalue weighted by molar-refractivity contribution is 7.89. The highest BCUT2D eigenvalue weighted by Gasteiger charge is 2.34. The molecular formula is C15H30N2O3S. The zero-order chi connectivity index (χ0) is 15.5. The van der Waals surface area contributed by atoms with Crippen LogP contribution in [0, 0.1) is 5.92 Å². The zero-order valence-corrected chi connectivity index (χ0v) is 14.2. The summed E-state index contributed by atoms with van der Waals surface area (Å²) in [4.78, 5) is 2.18. The molecule has 0 unspecified atom stereocenters. The third-order valence-electron chi connectivity index (χ3n) is 5.05. The molecule has 124 valence electrons. The number of sulfonamides is 1. The minimum absolute atomic E-state index is 0.0990. The largest absolute Gasteiger partial charge is 0.394 e. The summed E-state index contributed by atoms with van der Waals surface area (Å²) in [6.45, 7) is 6.62. The summed E-state index contributed by atoms with van der Waals surface area (Å²) in [5.74, 6) is 0.687. The smallest absolute Gasteiger partial charge is 0.214 e. The van der Waals surface area contributed by atoms with Gasteiger partial charge in [0.05, 0.1) is 12.4 Å². The van der Waals surface area contributed by atoms with Gasteiger partial charge in [0.1, 0.15) is 0 Å². The topological polar surface area (TPSA) is 60.9 Å². The van der Waals surface area contributed by atoms with E-state index in [9.17, 15) is 13.5 Å². The standard InChI is InChI=1S/C15H30N2O3S/c1-15(2,13-18)16-8-10-17(11-9-16)21(19,20)12-14-6-4-3-5-7-14/h14,18H,3-13H2,1-2H3. The van der Waals surface area contributed by atoms with Crippen LogP contribution in [-0.2, 0) is 10.0 Å². The molecule has 0 radical (unpaired) electrons. The van der Waals surface area contributed by atoms with Gasteiger partial charge in [-0.3, -0.25) is 4.90 Å². The van der Waals surface area contributed by atoms with E-state index < -0.39 is 10.0 Å². The fraction of sp³-hybridized carbons (Fsp3) is 1.00. The normalized spacial score (nSPS) is 24.3. The van der Waals surface area contributed by atoms with Gasteiger partial charge in [-0.25, -0.2) is 8.42 Å². The predicted molar refractivity (Wildman–Crippen MR) is 84.7 cm³/mol. The Hall–Kier alpha value is -0.170. The minimum Gasteiger partial charge on any atom is -0.394 e. The van der Waals surface area contributed by atoms with E-state index in [-0.39, 0.29) is 12.1 Å². The Morgan fingerprint density at radius 1 is 1.05 bits per heavy atom. The molecule has 6 heteroatoms. The minimum atomic E-state index is -3.11. The van der Waals surface area contributed by atoms with Crippen LogP contribution in [0.4, 0.5) is 0 Å². The van der Waals surface area contributed by atoms with Crippen LogP contribution >= 0.6 is 0 Å². The molecule has 2 aliphatic rings. The van der Waals surface area contributed by atoms with E-state index in [4.69, 9.17) is 0 Å². The van der Waals surface area contributed by atoms with Gasteiger partial charge in [0.15, 0.2) is 0 Å². The molecule has 5 nitrogen and oxygen atoms in total. The Bertz CT molecular complexity index is 422. The number of hydrogen-bond donors (Lipinski definition) is 1. The first kappa shape index (κ1) is 17.2. The van der Waals surface area contributed by atoms with E-state index in [0.29, 0.717) is 37.8 Å². The fourth-order valence-corrected chi connectivity index (χ4v) is 5.29. The van der Waals surface area contributed by atoms with E-state index >= 15 is 0 Å². The van der Waals surface area contributed by atoms with Crippen LogP contribution in [0.3, 0.4) is 0 Å². The van der Waals surface area contributed by atoms with Crippen LogP contribution in [0.2, 0.25) is 0 Å². The van der Waals surface area contributed by atoms with Crippen molar-refractivity contribution in [1.82, 2.24) is 9.21 Å². The van der Waals surface area contributed by atoms with Crippen molar-refractivity contribution in [2.45, 2.75) is 51.5 Å². The zero-order valence-electron chi connectivity index (χ0n) is 13.4. The first-order chi connectivity index (χ1) is 9.85. The lowest BCUT2D eigenvalue weighted by Crippen LogP contribution is -2.57. The van der Waals surface area contributed by atoms with E-state index in [1.54, 1.807) is 4.31 Å². The average Bonchev–Trinajstić information content (AvgIpc) is 2.48. The molecule has 0 amide bonds. The second kappa shape index (κ2) is 6.94. The van der Waals surface area contributed by atoms with Crippen molar-refractivity contribution in [2.24, 2.45) is 5.92 Å². The molecule has 1 N–H and O–H groups in total. The Morgan fingerprint density at radius 2 is 1.62 bits per heavy atom. The van der Waals surface area contributed by atoms with Crippen LogP contribution in [0.25, 0.3) is 0 Å². The third-order valence-corrected chi connectivity index (χ3v) is 7.09. The average molecular weight is 318 g/mol. The first-order valence-electron chi connectivity index (χ1n) is 8.19. The molecule has 21 heavy (non-hydrogen) atoms. The Balaban J connectivity index is 1.88. The van der Waals surface area contributed by atoms with Gasteiger partial charge in [-0.1, -0.05) is 19.3 Å². The first-order valence-corrected chi connectivity index (χ1v) is 9.80. The molecule has 0 atom stereocenters. The highest BCUT2D eigenvalue weighted by Crippen LogP contribution is 2.26. The van der Waals surface area contributed by atoms with Crippen molar-refractivity contribution in [3.63, 3.8) is 0 Å². The maximum absolute atomic E-state index is 12.5. The van der Waals surface area contributed by atoms with Gasteiger partial charge >= 0.3 is 0 Å². The van der Waals surface area contributed by atoms with Crippen LogP contribution < -0.4 is 0 Å². The maximum atomic E-state index is 12.5. The molecule has 0 bridgehead atoms. The number of aliphatic hydroxyl groups excluding tert-OH is 1. The van der Waals surface area contributed by atoms with Gasteiger partial charge in [0, 0.05) is 31.7 Å². The molecule has 1 heterocycles. The number of rotatable bonds is 5. The van der Waals surface area contributed by atoms with Crippen molar-refractivity contribution in [1.29, 1.82) is 0 Å². The summed E-state index contributed by atoms with van der Waals surface area (Å²) in [5, 5.41) is 9.41. The molecule has 2 rings (SSSR count). The van der Waals surface area contributed by atoms with Crippen LogP contribution in [0.15, 0.2) is 0 Å². The van der Waals surface area contributed by atoms with Crippen LogP contribution in [-0.4, -0.2) is 66.8 Å². The summed E-state index contributed by atoms with van der Waals surface area (Å²) >= 11 is 0. The molecule has 1 aliphatic carbocycles. The van der Waals surface area contributed by atoms with Crippen LogP contribution in [0.5, 0.6) is 0 Å². The number of hydrogen-bond acceptors (Lipinski definition) is 4. The molecule has 0 aromatic heterocycles. The Kier molecular flexibility index (Phi) is 5.68. The van der Waals surface area contributed by atoms with Gasteiger partial charge in [0.25, 0.3) is 0 Å². The molecule has 1 saturated carbocycles. The Labute approximate surface area is 129 Å². The van der Waals surface area contributed by atoms with E-state index in [1.165, 1.54) is 19.3 Å². The SMILES string of the molecule is CC(C)(CO)N1CCN(S(=O)(=O)CC2CCCCC2)CC1. The van der Waals surface area contributed by atoms with Gasteiger partial charge in [-0.15, -0.1) is 0 Å². The number of aliphatic hydroxyl groups is 1. The summed E-state index contributed by atoms with van der Waals surface area (Å²) in [5.41, 5.74) is -0.265. The van der Waals surface area contributed by atoms with E-state index in [1.807, 2.05) is 13.8 Å². The molecule has 2 fully saturated rings. The lowest BCUT2D eigenvalue weighted by Gasteiger charge is -2.43. The highest BCUT2D eigenvalue weighted by atomic mass is 32.2. The molecule has 0 aromatic carbocycles. The molecule has 0 aromatic rings. The summed E-state index contributed by atoms with van der Waals surface area (Å²) in [6.07, 6.45) is 5.75. The lowest BCUT2D eigenvalue weighted by molar-refractivity contribution is 0.0333. The van der Waals surface area contributed by atoms with Gasteiger partial charge in [-0.2, -0.15) is 4.31 Å². The lowest BCUT2D eigenvalue weighted by atomic mass is 9.91. The molecular weight excluding hydrogens is 288 g/mol. The van der Waals surface area contributed by atoms with E-state index in [2.05, 4.69) is 4.90 Å². The van der Waals surface area contributed by atoms with Gasteiger partial charge in [-0.05, 0) is 32.6 Å². The predicted octanol–water partition coefficient (Wildman–Crippen LogP) is 1.28. The van der Waals surface area contributed by atoms with Crippen molar-refractivity contribution < 1.29 is 13.5 Å². The fourth-order valence-electron chi connectivity index (χ4n) is 3.43. The van der Waals surface area contributed by atoms with Crippen molar-refractivity contribution in [3.05, 3.63) is 0 Å². The van der Waals surface area contributed by atoms with Gasteiger partial charge in [0.2, 0.25) is 10.0 Å². The summed E-state index contributed by atoms with van der Waals surface area (Å²) < 4.78 is 26.7. The molecule has 0 spiro atoms. The van der Waals surface area contributed by atoms with Crippen molar-refractivity contribution in [3.8, 4) is 0 Å². The maximum Gasteiger partial charge on any atom is 0.214 e.